The summed E-state index contributed by atoms with van der Waals surface area (Å²) in [5, 5.41) is 0. The van der Waals surface area contributed by atoms with Crippen molar-refractivity contribution in [2.75, 3.05) is 25.5 Å². The van der Waals surface area contributed by atoms with Crippen LogP contribution in [0.3, 0.4) is 0 Å². The van der Waals surface area contributed by atoms with Gasteiger partial charge in [0.25, 0.3) is 0 Å². The number of carbonyl (C=O) groups excluding carboxylic acids is 4. The molecule has 0 N–H and O–H groups in total. The highest BCUT2D eigenvalue weighted by atomic mass is 16.2. The maximum atomic E-state index is 12.7. The normalized spacial score (nSPS) is 12.8. The van der Waals surface area contributed by atoms with Crippen LogP contribution < -0.4 is 4.90 Å². The Morgan fingerprint density at radius 1 is 1.03 bits per heavy atom. The van der Waals surface area contributed by atoms with Crippen LogP contribution in [0.4, 0.5) is 16.2 Å². The molecule has 2 aromatic carbocycles. The van der Waals surface area contributed by atoms with E-state index in [-0.39, 0.29) is 12.5 Å². The van der Waals surface area contributed by atoms with Gasteiger partial charge in [0.1, 0.15) is 12.6 Å². The number of aldehydes is 3. The molecule has 1 aliphatic rings. The molecule has 0 aromatic heterocycles. The fraction of sp³-hybridized carbons (Fsp3) is 0.269. The topological polar surface area (TPSA) is 87.1 Å². The van der Waals surface area contributed by atoms with Gasteiger partial charge in [0.05, 0.1) is 17.9 Å². The van der Waals surface area contributed by atoms with Crippen molar-refractivity contribution in [1.29, 1.82) is 0 Å². The van der Waals surface area contributed by atoms with Crippen LogP contribution in [-0.2, 0) is 9.59 Å². The average molecular weight is 446 g/mol. The van der Waals surface area contributed by atoms with Crippen LogP contribution in [0, 0.1) is 5.92 Å². The Kier molecular flexibility index (Phi) is 7.33. The molecule has 0 saturated heterocycles. The number of hydrogen-bond acceptors (Lipinski definition) is 5. The lowest BCUT2D eigenvalue weighted by atomic mass is 9.99. The zero-order valence-corrected chi connectivity index (χ0v) is 19.2. The molecule has 2 amide bonds. The number of benzene rings is 2. The molecule has 170 valence electrons. The molecule has 33 heavy (non-hydrogen) atoms. The second-order valence-corrected chi connectivity index (χ2v) is 8.33. The number of likely N-dealkylation sites (N-methyl/N-ethyl adjacent to an activating group) is 1. The third-order valence-electron chi connectivity index (χ3n) is 5.65. The van der Waals surface area contributed by atoms with Gasteiger partial charge in [-0.05, 0) is 46.9 Å². The summed E-state index contributed by atoms with van der Waals surface area (Å²) in [6, 6.07) is 10.6. The summed E-state index contributed by atoms with van der Waals surface area (Å²) in [6.45, 7) is 4.06. The van der Waals surface area contributed by atoms with E-state index >= 15 is 0 Å². The molecular weight excluding hydrogens is 418 g/mol. The van der Waals surface area contributed by atoms with Gasteiger partial charge in [-0.25, -0.2) is 4.79 Å². The maximum absolute atomic E-state index is 12.7. The predicted molar refractivity (Wildman–Crippen MR) is 130 cm³/mol. The SMILES string of the molecule is CC(C)C1=Nc2cc(-c3ccc(C=O)c(N(C)C(=O)N(C)CC=O)c3)ccc2C=C(C=O)C1. The Morgan fingerprint density at radius 3 is 2.36 bits per heavy atom. The van der Waals surface area contributed by atoms with E-state index in [1.807, 2.05) is 30.3 Å². The molecule has 0 atom stereocenters. The molecule has 1 aliphatic heterocycles. The quantitative estimate of drug-likeness (QED) is 0.584. The molecule has 0 aliphatic carbocycles. The number of carbonyl (C=O) groups is 4. The van der Waals surface area contributed by atoms with Gasteiger partial charge in [0, 0.05) is 37.4 Å². The van der Waals surface area contributed by atoms with Gasteiger partial charge in [0.2, 0.25) is 0 Å². The number of amides is 2. The van der Waals surface area contributed by atoms with Gasteiger partial charge in [-0.2, -0.15) is 0 Å². The Hall–Kier alpha value is -3.87. The lowest BCUT2D eigenvalue weighted by Crippen LogP contribution is -2.40. The van der Waals surface area contributed by atoms with Crippen molar-refractivity contribution < 1.29 is 19.2 Å². The van der Waals surface area contributed by atoms with Crippen LogP contribution in [-0.4, -0.2) is 56.1 Å². The lowest BCUT2D eigenvalue weighted by Gasteiger charge is -2.25. The van der Waals surface area contributed by atoms with Crippen LogP contribution in [0.2, 0.25) is 0 Å². The Morgan fingerprint density at radius 2 is 1.73 bits per heavy atom. The highest BCUT2D eigenvalue weighted by Crippen LogP contribution is 2.34. The number of anilines is 1. The van der Waals surface area contributed by atoms with Crippen molar-refractivity contribution in [3.8, 4) is 11.1 Å². The highest BCUT2D eigenvalue weighted by Gasteiger charge is 2.20. The van der Waals surface area contributed by atoms with Gasteiger partial charge in [-0.1, -0.05) is 32.0 Å². The monoisotopic (exact) mass is 445 g/mol. The van der Waals surface area contributed by atoms with E-state index in [0.29, 0.717) is 35.8 Å². The smallest absolute Gasteiger partial charge is 0.320 e. The molecule has 0 unspecified atom stereocenters. The first kappa shape index (κ1) is 23.8. The molecule has 3 rings (SSSR count). The summed E-state index contributed by atoms with van der Waals surface area (Å²) >= 11 is 0. The van der Waals surface area contributed by atoms with E-state index in [4.69, 9.17) is 4.99 Å². The van der Waals surface area contributed by atoms with Crippen molar-refractivity contribution in [3.63, 3.8) is 0 Å². The van der Waals surface area contributed by atoms with Crippen molar-refractivity contribution >= 4 is 48.1 Å². The number of urea groups is 1. The minimum absolute atomic E-state index is 0.0450. The Labute approximate surface area is 193 Å². The lowest BCUT2D eigenvalue weighted by molar-refractivity contribution is -0.108. The average Bonchev–Trinajstić information content (AvgIpc) is 3.01. The second-order valence-electron chi connectivity index (χ2n) is 8.33. The number of nitrogens with zero attached hydrogens (tertiary/aromatic N) is 3. The largest absolute Gasteiger partial charge is 0.324 e. The third-order valence-corrected chi connectivity index (χ3v) is 5.65. The molecule has 0 saturated carbocycles. The van der Waals surface area contributed by atoms with Gasteiger partial charge in [-0.3, -0.25) is 19.5 Å². The molecule has 2 aromatic rings. The van der Waals surface area contributed by atoms with Crippen molar-refractivity contribution in [1.82, 2.24) is 4.90 Å². The van der Waals surface area contributed by atoms with Gasteiger partial charge < -0.3 is 9.69 Å². The zero-order chi connectivity index (χ0) is 24.1. The first-order chi connectivity index (χ1) is 15.8. The summed E-state index contributed by atoms with van der Waals surface area (Å²) in [5.41, 5.74) is 5.73. The Bertz CT molecular complexity index is 1160. The molecule has 7 heteroatoms. The molecule has 7 nitrogen and oxygen atoms in total. The molecule has 0 fully saturated rings. The van der Waals surface area contributed by atoms with Gasteiger partial charge >= 0.3 is 6.03 Å². The predicted octanol–water partition coefficient (Wildman–Crippen LogP) is 4.57. The molecule has 0 radical (unpaired) electrons. The Balaban J connectivity index is 2.07. The van der Waals surface area contributed by atoms with E-state index in [2.05, 4.69) is 13.8 Å². The van der Waals surface area contributed by atoms with E-state index in [1.54, 1.807) is 19.2 Å². The second kappa shape index (κ2) is 10.2. The molecule has 0 bridgehead atoms. The number of rotatable bonds is 7. The molecular formula is C26H27N3O4. The molecule has 0 spiro atoms. The summed E-state index contributed by atoms with van der Waals surface area (Å²) in [5.74, 6) is 0.199. The maximum Gasteiger partial charge on any atom is 0.324 e. The zero-order valence-electron chi connectivity index (χ0n) is 19.2. The molecule has 1 heterocycles. The summed E-state index contributed by atoms with van der Waals surface area (Å²) in [7, 11) is 3.09. The number of fused-ring (bicyclic) bond motifs is 1. The van der Waals surface area contributed by atoms with Crippen LogP contribution >= 0.6 is 0 Å². The fourth-order valence-corrected chi connectivity index (χ4v) is 3.67. The summed E-state index contributed by atoms with van der Waals surface area (Å²) in [4.78, 5) is 54.0. The number of hydrogen-bond donors (Lipinski definition) is 0. The van der Waals surface area contributed by atoms with E-state index in [9.17, 15) is 19.2 Å². The van der Waals surface area contributed by atoms with Crippen LogP contribution in [0.15, 0.2) is 47.0 Å². The van der Waals surface area contributed by atoms with Crippen LogP contribution in [0.25, 0.3) is 17.2 Å². The van der Waals surface area contributed by atoms with E-state index < -0.39 is 6.03 Å². The van der Waals surface area contributed by atoms with Crippen LogP contribution in [0.1, 0.15) is 36.2 Å². The number of allylic oxidation sites excluding steroid dienone is 1. The summed E-state index contributed by atoms with van der Waals surface area (Å²) < 4.78 is 0. The van der Waals surface area contributed by atoms with E-state index in [0.717, 1.165) is 34.4 Å². The van der Waals surface area contributed by atoms with Crippen molar-refractivity contribution in [3.05, 3.63) is 53.1 Å². The van der Waals surface area contributed by atoms with E-state index in [1.165, 1.54) is 16.8 Å². The van der Waals surface area contributed by atoms with Gasteiger partial charge in [0.15, 0.2) is 6.29 Å². The van der Waals surface area contributed by atoms with Crippen molar-refractivity contribution in [2.24, 2.45) is 10.9 Å². The van der Waals surface area contributed by atoms with Crippen molar-refractivity contribution in [2.45, 2.75) is 20.3 Å². The number of aliphatic imine (C=N–C) groups is 1. The minimum Gasteiger partial charge on any atom is -0.320 e. The van der Waals surface area contributed by atoms with Gasteiger partial charge in [-0.15, -0.1) is 0 Å². The standard InChI is InChI=1S/C26H27N3O4/c1-17(2)23-12-18(15-31)11-21-7-5-19(13-24(21)27-23)20-6-8-22(16-32)25(14-20)29(4)26(33)28(3)9-10-30/h5-8,10-11,13-17H,9,12H2,1-4H3. The summed E-state index contributed by atoms with van der Waals surface area (Å²) in [6.07, 6.45) is 4.60. The third kappa shape index (κ3) is 5.14. The fourth-order valence-electron chi connectivity index (χ4n) is 3.67. The minimum atomic E-state index is -0.401. The first-order valence-electron chi connectivity index (χ1n) is 10.7. The first-order valence-corrected chi connectivity index (χ1v) is 10.7. The highest BCUT2D eigenvalue weighted by molar-refractivity contribution is 6.01. The van der Waals surface area contributed by atoms with Crippen LogP contribution in [0.5, 0.6) is 0 Å².